The maximum absolute atomic E-state index is 13.1. The summed E-state index contributed by atoms with van der Waals surface area (Å²) in [4.78, 5) is 72.7. The third-order valence-electron chi connectivity index (χ3n) is 17.5. The summed E-state index contributed by atoms with van der Waals surface area (Å²) in [7, 11) is -9.91. The van der Waals surface area contributed by atoms with Crippen molar-refractivity contribution in [3.63, 3.8) is 0 Å². The van der Waals surface area contributed by atoms with Gasteiger partial charge in [-0.3, -0.25) is 37.3 Å². The van der Waals surface area contributed by atoms with Crippen LogP contribution in [-0.4, -0.2) is 96.7 Å². The second kappa shape index (κ2) is 66.9. The molecule has 0 amide bonds. The Balaban J connectivity index is 5.18. The van der Waals surface area contributed by atoms with E-state index in [0.29, 0.717) is 31.6 Å². The van der Waals surface area contributed by atoms with E-state index < -0.39 is 97.5 Å². The number of aliphatic hydroxyl groups excluding tert-OH is 1. The molecule has 5 atom stereocenters. The van der Waals surface area contributed by atoms with Crippen LogP contribution < -0.4 is 0 Å². The first kappa shape index (κ1) is 92.1. The van der Waals surface area contributed by atoms with Crippen LogP contribution >= 0.6 is 15.6 Å². The van der Waals surface area contributed by atoms with Gasteiger partial charge in [0.05, 0.1) is 26.4 Å². The first-order valence-corrected chi connectivity index (χ1v) is 42.0. The van der Waals surface area contributed by atoms with Crippen LogP contribution in [-0.2, 0) is 65.4 Å². The van der Waals surface area contributed by atoms with E-state index in [0.717, 1.165) is 95.8 Å². The predicted octanol–water partition coefficient (Wildman–Crippen LogP) is 21.9. The van der Waals surface area contributed by atoms with Crippen molar-refractivity contribution in [1.82, 2.24) is 0 Å². The summed E-state index contributed by atoms with van der Waals surface area (Å²) < 4.78 is 68.4. The lowest BCUT2D eigenvalue weighted by Gasteiger charge is -2.21. The molecule has 0 heterocycles. The minimum absolute atomic E-state index is 0.104. The quantitative estimate of drug-likeness (QED) is 0.0222. The zero-order chi connectivity index (χ0) is 69.3. The third kappa shape index (κ3) is 68.6. The van der Waals surface area contributed by atoms with Crippen LogP contribution in [0.2, 0.25) is 0 Å². The fourth-order valence-electron chi connectivity index (χ4n) is 11.5. The van der Waals surface area contributed by atoms with Gasteiger partial charge in [-0.2, -0.15) is 0 Å². The molecule has 0 rings (SSSR count). The summed E-state index contributed by atoms with van der Waals surface area (Å²) in [6.07, 6.45) is 54.3. The van der Waals surface area contributed by atoms with Crippen molar-refractivity contribution in [2.24, 2.45) is 11.8 Å². The van der Waals surface area contributed by atoms with Gasteiger partial charge in [-0.25, -0.2) is 9.13 Å². The highest BCUT2D eigenvalue weighted by molar-refractivity contribution is 7.47. The van der Waals surface area contributed by atoms with E-state index in [1.807, 2.05) is 0 Å². The highest BCUT2D eigenvalue weighted by Crippen LogP contribution is 2.45. The fourth-order valence-corrected chi connectivity index (χ4v) is 13.1. The average Bonchev–Trinajstić information content (AvgIpc) is 1.54. The van der Waals surface area contributed by atoms with E-state index in [2.05, 4.69) is 41.5 Å². The molecule has 558 valence electrons. The Morgan fingerprint density at radius 2 is 0.489 bits per heavy atom. The van der Waals surface area contributed by atoms with Gasteiger partial charge in [0.25, 0.3) is 0 Å². The number of carbonyl (C=O) groups excluding carboxylic acids is 4. The Morgan fingerprint density at radius 3 is 0.723 bits per heavy atom. The molecule has 0 aliphatic carbocycles. The third-order valence-corrected chi connectivity index (χ3v) is 19.4. The van der Waals surface area contributed by atoms with Crippen LogP contribution in [0.5, 0.6) is 0 Å². The number of rotatable bonds is 74. The molecular weight excluding hydrogens is 1230 g/mol. The fraction of sp³-hybridized carbons (Fsp3) is 0.947. The summed E-state index contributed by atoms with van der Waals surface area (Å²) in [6, 6.07) is 0. The van der Waals surface area contributed by atoms with Gasteiger partial charge in [-0.15, -0.1) is 0 Å². The predicted molar refractivity (Wildman–Crippen MR) is 381 cm³/mol. The normalized spacial score (nSPS) is 14.0. The van der Waals surface area contributed by atoms with Crippen molar-refractivity contribution in [1.29, 1.82) is 0 Å². The molecule has 17 nitrogen and oxygen atoms in total. The summed E-state index contributed by atoms with van der Waals surface area (Å²) >= 11 is 0. The molecule has 2 unspecified atom stereocenters. The summed E-state index contributed by atoms with van der Waals surface area (Å²) in [5.74, 6) is -0.667. The lowest BCUT2D eigenvalue weighted by Crippen LogP contribution is -2.30. The van der Waals surface area contributed by atoms with Crippen LogP contribution in [0.1, 0.15) is 388 Å². The van der Waals surface area contributed by atoms with E-state index in [1.165, 1.54) is 205 Å². The van der Waals surface area contributed by atoms with Crippen LogP contribution in [0.4, 0.5) is 0 Å². The number of phosphoric acid groups is 2. The van der Waals surface area contributed by atoms with Crippen LogP contribution in [0.25, 0.3) is 0 Å². The topological polar surface area (TPSA) is 237 Å². The van der Waals surface area contributed by atoms with E-state index in [4.69, 9.17) is 37.0 Å². The van der Waals surface area contributed by atoms with Crippen LogP contribution in [0, 0.1) is 11.8 Å². The smallest absolute Gasteiger partial charge is 0.462 e. The van der Waals surface area contributed by atoms with Gasteiger partial charge in [0.15, 0.2) is 12.2 Å². The number of unbranched alkanes of at least 4 members (excludes halogenated alkanes) is 44. The maximum Gasteiger partial charge on any atom is 0.472 e. The van der Waals surface area contributed by atoms with Crippen molar-refractivity contribution in [3.8, 4) is 0 Å². The number of ether oxygens (including phenoxy) is 4. The van der Waals surface area contributed by atoms with Gasteiger partial charge in [0, 0.05) is 25.7 Å². The zero-order valence-electron chi connectivity index (χ0n) is 61.3. The Hall–Kier alpha value is -1.94. The van der Waals surface area contributed by atoms with Crippen molar-refractivity contribution in [3.05, 3.63) is 0 Å². The molecule has 0 aliphatic heterocycles. The molecule has 3 N–H and O–H groups in total. The number of hydrogen-bond acceptors (Lipinski definition) is 15. The second-order valence-electron chi connectivity index (χ2n) is 28.0. The van der Waals surface area contributed by atoms with Crippen molar-refractivity contribution >= 4 is 39.5 Å². The summed E-state index contributed by atoms with van der Waals surface area (Å²) in [5, 5.41) is 10.6. The Morgan fingerprint density at radius 1 is 0.287 bits per heavy atom. The second-order valence-corrected chi connectivity index (χ2v) is 30.9. The molecule has 0 aliphatic rings. The first-order chi connectivity index (χ1) is 45.4. The van der Waals surface area contributed by atoms with Crippen molar-refractivity contribution in [2.75, 3.05) is 39.6 Å². The molecule has 0 saturated carbocycles. The van der Waals surface area contributed by atoms with E-state index in [-0.39, 0.29) is 25.7 Å². The Bertz CT molecular complexity index is 1820. The molecule has 0 bridgehead atoms. The SMILES string of the molecule is CCCCCCCCCCCCCCCCCCCCCCCC(=O)O[C@H](COC(=O)CCCCCCCCCCCCC(C)C)COP(=O)(O)OC[C@@H](O)COP(=O)(O)OC[C@@H](COC(=O)CCCCCCCCCCCC)OC(=O)CCCCCCCCCC(C)C. The largest absolute Gasteiger partial charge is 0.472 e. The lowest BCUT2D eigenvalue weighted by atomic mass is 10.0. The van der Waals surface area contributed by atoms with Crippen LogP contribution in [0.3, 0.4) is 0 Å². The highest BCUT2D eigenvalue weighted by atomic mass is 31.2. The molecule has 0 spiro atoms. The van der Waals surface area contributed by atoms with Gasteiger partial charge in [-0.05, 0) is 37.5 Å². The first-order valence-electron chi connectivity index (χ1n) is 39.0. The Labute approximate surface area is 575 Å². The molecule has 0 aromatic rings. The molecule has 0 fully saturated rings. The van der Waals surface area contributed by atoms with Crippen LogP contribution in [0.15, 0.2) is 0 Å². The minimum atomic E-state index is -4.96. The van der Waals surface area contributed by atoms with E-state index in [1.54, 1.807) is 0 Å². The molecule has 0 aromatic heterocycles. The molecule has 19 heteroatoms. The summed E-state index contributed by atoms with van der Waals surface area (Å²) in [5.41, 5.74) is 0. The standard InChI is InChI=1S/C75H146O17P2/c1-7-9-11-13-15-17-19-20-21-22-23-24-25-26-27-28-29-35-41-47-53-59-74(79)91-70(63-86-73(78)58-52-46-40-34-31-30-32-37-43-49-55-67(3)4)65-89-93(81,82)87-61-69(76)62-88-94(83,84)90-66-71(92-75(80)60-54-48-42-36-38-44-50-56-68(5)6)64-85-72(77)57-51-45-39-33-18-16-14-12-10-8-2/h67-71,76H,7-66H2,1-6H3,(H,81,82)(H,83,84)/t69-,70-,71-/m1/s1. The number of phosphoric ester groups is 2. The lowest BCUT2D eigenvalue weighted by molar-refractivity contribution is -0.161. The maximum atomic E-state index is 13.1. The Kier molecular flexibility index (Phi) is 65.5. The summed E-state index contributed by atoms with van der Waals surface area (Å²) in [6.45, 7) is 9.50. The van der Waals surface area contributed by atoms with E-state index in [9.17, 15) is 43.2 Å². The number of hydrogen-bond donors (Lipinski definition) is 3. The molecule has 0 radical (unpaired) electrons. The van der Waals surface area contributed by atoms with Gasteiger partial charge in [-0.1, -0.05) is 337 Å². The monoisotopic (exact) mass is 1380 g/mol. The van der Waals surface area contributed by atoms with Gasteiger partial charge in [0.1, 0.15) is 19.3 Å². The van der Waals surface area contributed by atoms with Crippen molar-refractivity contribution < 1.29 is 80.2 Å². The number of aliphatic hydroxyl groups is 1. The van der Waals surface area contributed by atoms with Gasteiger partial charge < -0.3 is 33.8 Å². The molecule has 94 heavy (non-hydrogen) atoms. The highest BCUT2D eigenvalue weighted by Gasteiger charge is 2.30. The molecule has 0 aromatic carbocycles. The van der Waals surface area contributed by atoms with Crippen molar-refractivity contribution in [2.45, 2.75) is 407 Å². The number of carbonyl (C=O) groups is 4. The van der Waals surface area contributed by atoms with E-state index >= 15 is 0 Å². The van der Waals surface area contributed by atoms with Gasteiger partial charge >= 0.3 is 39.5 Å². The number of esters is 4. The zero-order valence-corrected chi connectivity index (χ0v) is 63.1. The molecular formula is C75H146O17P2. The minimum Gasteiger partial charge on any atom is -0.462 e. The average molecular weight is 1380 g/mol. The van der Waals surface area contributed by atoms with Gasteiger partial charge in [0.2, 0.25) is 0 Å². The molecule has 0 saturated heterocycles.